The Morgan fingerprint density at radius 3 is 2.74 bits per heavy atom. The standard InChI is InChI=1S/C17H13ClO3S2/c1-9-6-14-12(8-13(9)21-2)15(16(23-14)17(19)20)22-11-5-3-4-10(18)7-11/h3-8H,1-2H3,(H,19,20). The molecule has 118 valence electrons. The van der Waals surface area contributed by atoms with Crippen LogP contribution in [0.1, 0.15) is 15.2 Å². The van der Waals surface area contributed by atoms with Crippen LogP contribution in [-0.4, -0.2) is 18.2 Å². The van der Waals surface area contributed by atoms with Gasteiger partial charge in [-0.1, -0.05) is 29.4 Å². The topological polar surface area (TPSA) is 46.5 Å². The Balaban J connectivity index is 2.19. The first-order valence-corrected chi connectivity index (χ1v) is 8.78. The molecule has 0 unspecified atom stereocenters. The molecular weight excluding hydrogens is 352 g/mol. The Morgan fingerprint density at radius 2 is 2.09 bits per heavy atom. The SMILES string of the molecule is COc1cc2c(Sc3cccc(Cl)c3)c(C(=O)O)sc2cc1C. The summed E-state index contributed by atoms with van der Waals surface area (Å²) in [6, 6.07) is 11.3. The summed E-state index contributed by atoms with van der Waals surface area (Å²) in [6.45, 7) is 1.95. The number of carboxylic acid groups (broad SMARTS) is 1. The Kier molecular flexibility index (Phi) is 4.53. The zero-order valence-electron chi connectivity index (χ0n) is 12.4. The highest BCUT2D eigenvalue weighted by Crippen LogP contribution is 2.44. The molecule has 0 radical (unpaired) electrons. The van der Waals surface area contributed by atoms with E-state index in [-0.39, 0.29) is 0 Å². The number of ether oxygens (including phenoxy) is 1. The van der Waals surface area contributed by atoms with Crippen molar-refractivity contribution in [3.63, 3.8) is 0 Å². The van der Waals surface area contributed by atoms with Gasteiger partial charge in [0.15, 0.2) is 0 Å². The first kappa shape index (κ1) is 16.2. The number of hydrogen-bond donors (Lipinski definition) is 1. The number of benzene rings is 2. The van der Waals surface area contributed by atoms with Gasteiger partial charge in [-0.3, -0.25) is 0 Å². The van der Waals surface area contributed by atoms with Crippen LogP contribution in [0, 0.1) is 6.92 Å². The summed E-state index contributed by atoms with van der Waals surface area (Å²) in [4.78, 5) is 13.6. The third kappa shape index (κ3) is 3.17. The zero-order valence-corrected chi connectivity index (χ0v) is 14.8. The summed E-state index contributed by atoms with van der Waals surface area (Å²) in [6.07, 6.45) is 0. The van der Waals surface area contributed by atoms with Crippen LogP contribution in [0.3, 0.4) is 0 Å². The van der Waals surface area contributed by atoms with Crippen LogP contribution in [-0.2, 0) is 0 Å². The number of hydrogen-bond acceptors (Lipinski definition) is 4. The van der Waals surface area contributed by atoms with E-state index in [1.54, 1.807) is 13.2 Å². The largest absolute Gasteiger partial charge is 0.496 e. The summed E-state index contributed by atoms with van der Waals surface area (Å²) in [5.41, 5.74) is 0.984. The molecule has 0 amide bonds. The van der Waals surface area contributed by atoms with Crippen LogP contribution in [0.4, 0.5) is 0 Å². The molecule has 0 fully saturated rings. The van der Waals surface area contributed by atoms with Crippen molar-refractivity contribution in [2.75, 3.05) is 7.11 Å². The Labute approximate surface area is 146 Å². The molecule has 0 saturated heterocycles. The first-order chi connectivity index (χ1) is 11.0. The van der Waals surface area contributed by atoms with Crippen molar-refractivity contribution in [1.29, 1.82) is 0 Å². The average molecular weight is 365 g/mol. The maximum Gasteiger partial charge on any atom is 0.347 e. The number of thiophene rings is 1. The minimum atomic E-state index is -0.924. The summed E-state index contributed by atoms with van der Waals surface area (Å²) in [5.74, 6) is -0.174. The molecule has 2 aromatic carbocycles. The van der Waals surface area contributed by atoms with Crippen molar-refractivity contribution in [3.8, 4) is 5.75 Å². The quantitative estimate of drug-likeness (QED) is 0.643. The second-order valence-corrected chi connectivity index (χ2v) is 7.52. The summed E-state index contributed by atoms with van der Waals surface area (Å²) in [7, 11) is 1.61. The molecule has 1 heterocycles. The molecule has 0 aliphatic carbocycles. The molecule has 1 aromatic heterocycles. The van der Waals surface area contributed by atoms with Gasteiger partial charge >= 0.3 is 5.97 Å². The minimum Gasteiger partial charge on any atom is -0.496 e. The van der Waals surface area contributed by atoms with Gasteiger partial charge in [0.1, 0.15) is 10.6 Å². The third-order valence-corrected chi connectivity index (χ3v) is 5.99. The highest BCUT2D eigenvalue weighted by Gasteiger charge is 2.20. The number of fused-ring (bicyclic) bond motifs is 1. The molecule has 23 heavy (non-hydrogen) atoms. The number of methoxy groups -OCH3 is 1. The van der Waals surface area contributed by atoms with E-state index in [0.29, 0.717) is 9.90 Å². The Bertz CT molecular complexity index is 902. The lowest BCUT2D eigenvalue weighted by molar-refractivity contribution is 0.0699. The van der Waals surface area contributed by atoms with E-state index < -0.39 is 5.97 Å². The highest BCUT2D eigenvalue weighted by molar-refractivity contribution is 7.99. The van der Waals surface area contributed by atoms with Gasteiger partial charge in [-0.2, -0.15) is 0 Å². The van der Waals surface area contributed by atoms with Crippen LogP contribution in [0.2, 0.25) is 5.02 Å². The number of rotatable bonds is 4. The first-order valence-electron chi connectivity index (χ1n) is 6.77. The van der Waals surface area contributed by atoms with Crippen LogP contribution in [0.5, 0.6) is 5.75 Å². The van der Waals surface area contributed by atoms with Crippen molar-refractivity contribution in [2.24, 2.45) is 0 Å². The van der Waals surface area contributed by atoms with Crippen LogP contribution in [0.25, 0.3) is 10.1 Å². The maximum absolute atomic E-state index is 11.6. The van der Waals surface area contributed by atoms with Gasteiger partial charge in [-0.25, -0.2) is 4.79 Å². The fraction of sp³-hybridized carbons (Fsp3) is 0.118. The van der Waals surface area contributed by atoms with Gasteiger partial charge in [-0.15, -0.1) is 11.3 Å². The fourth-order valence-corrected chi connectivity index (χ4v) is 4.93. The number of aromatic carboxylic acids is 1. The number of aryl methyl sites for hydroxylation is 1. The minimum absolute atomic E-state index is 0.331. The van der Waals surface area contributed by atoms with Crippen molar-refractivity contribution >= 4 is 50.8 Å². The monoisotopic (exact) mass is 364 g/mol. The normalized spacial score (nSPS) is 10.9. The molecule has 0 spiro atoms. The van der Waals surface area contributed by atoms with E-state index in [1.165, 1.54) is 23.1 Å². The Hall–Kier alpha value is -1.69. The van der Waals surface area contributed by atoms with Crippen molar-refractivity contribution < 1.29 is 14.6 Å². The molecule has 3 nitrogen and oxygen atoms in total. The predicted octanol–water partition coefficient (Wildman–Crippen LogP) is 5.72. The summed E-state index contributed by atoms with van der Waals surface area (Å²) < 4.78 is 6.31. The molecular formula is C17H13ClO3S2. The molecule has 3 rings (SSSR count). The van der Waals surface area contributed by atoms with Gasteiger partial charge < -0.3 is 9.84 Å². The highest BCUT2D eigenvalue weighted by atomic mass is 35.5. The molecule has 0 atom stereocenters. The fourth-order valence-electron chi connectivity index (χ4n) is 2.31. The van der Waals surface area contributed by atoms with Crippen molar-refractivity contribution in [2.45, 2.75) is 16.7 Å². The third-order valence-electron chi connectivity index (χ3n) is 3.37. The lowest BCUT2D eigenvalue weighted by atomic mass is 10.1. The molecule has 0 aliphatic heterocycles. The maximum atomic E-state index is 11.6. The lowest BCUT2D eigenvalue weighted by Crippen LogP contribution is -1.93. The molecule has 3 aromatic rings. The lowest BCUT2D eigenvalue weighted by Gasteiger charge is -2.06. The van der Waals surface area contributed by atoms with E-state index >= 15 is 0 Å². The van der Waals surface area contributed by atoms with E-state index in [4.69, 9.17) is 16.3 Å². The zero-order chi connectivity index (χ0) is 16.6. The number of carboxylic acids is 1. The van der Waals surface area contributed by atoms with Gasteiger partial charge in [0, 0.05) is 24.9 Å². The van der Waals surface area contributed by atoms with Gasteiger partial charge in [0.2, 0.25) is 0 Å². The Morgan fingerprint density at radius 1 is 1.30 bits per heavy atom. The van der Waals surface area contributed by atoms with Crippen LogP contribution < -0.4 is 4.74 Å². The number of halogens is 1. The van der Waals surface area contributed by atoms with E-state index in [0.717, 1.165) is 31.2 Å². The molecule has 0 aliphatic rings. The van der Waals surface area contributed by atoms with Gasteiger partial charge in [-0.05, 0) is 42.8 Å². The van der Waals surface area contributed by atoms with Gasteiger partial charge in [0.05, 0.1) is 7.11 Å². The van der Waals surface area contributed by atoms with Crippen molar-refractivity contribution in [1.82, 2.24) is 0 Å². The molecule has 6 heteroatoms. The average Bonchev–Trinajstić information content (AvgIpc) is 2.84. The smallest absolute Gasteiger partial charge is 0.347 e. The van der Waals surface area contributed by atoms with Crippen LogP contribution in [0.15, 0.2) is 46.2 Å². The summed E-state index contributed by atoms with van der Waals surface area (Å²) in [5, 5.41) is 11.0. The molecule has 0 saturated carbocycles. The number of carbonyl (C=O) groups is 1. The van der Waals surface area contributed by atoms with Crippen LogP contribution >= 0.6 is 34.7 Å². The summed E-state index contributed by atoms with van der Waals surface area (Å²) >= 11 is 8.71. The van der Waals surface area contributed by atoms with E-state index in [2.05, 4.69) is 0 Å². The second kappa shape index (κ2) is 6.43. The second-order valence-electron chi connectivity index (χ2n) is 4.94. The van der Waals surface area contributed by atoms with Gasteiger partial charge in [0.25, 0.3) is 0 Å². The molecule has 1 N–H and O–H groups in total. The van der Waals surface area contributed by atoms with E-state index in [1.807, 2.05) is 37.3 Å². The van der Waals surface area contributed by atoms with Crippen molar-refractivity contribution in [3.05, 3.63) is 51.9 Å². The van der Waals surface area contributed by atoms with E-state index in [9.17, 15) is 9.90 Å². The molecule has 0 bridgehead atoms. The predicted molar refractivity (Wildman–Crippen MR) is 95.6 cm³/mol.